The van der Waals surface area contributed by atoms with Gasteiger partial charge in [0.1, 0.15) is 11.6 Å². The summed E-state index contributed by atoms with van der Waals surface area (Å²) < 4.78 is 19.8. The van der Waals surface area contributed by atoms with Crippen molar-refractivity contribution in [1.82, 2.24) is 0 Å². The molecule has 2 aromatic carbocycles. The minimum Gasteiger partial charge on any atom is -0.495 e. The highest BCUT2D eigenvalue weighted by Gasteiger charge is 2.11. The van der Waals surface area contributed by atoms with Crippen molar-refractivity contribution >= 4 is 44.6 Å². The summed E-state index contributed by atoms with van der Waals surface area (Å²) in [5.74, 6) is -0.0601. The number of nitrogen functional groups attached to an aromatic ring is 1. The average Bonchev–Trinajstić information content (AvgIpc) is 2.38. The van der Waals surface area contributed by atoms with Crippen LogP contribution in [0.1, 0.15) is 5.56 Å². The van der Waals surface area contributed by atoms with Crippen LogP contribution >= 0.6 is 27.5 Å². The molecule has 0 aliphatic rings. The Kier molecular flexibility index (Phi) is 4.40. The molecule has 3 N–H and O–H groups in total. The van der Waals surface area contributed by atoms with Gasteiger partial charge in [0.2, 0.25) is 0 Å². The van der Waals surface area contributed by atoms with Gasteiger partial charge in [-0.2, -0.15) is 0 Å². The Morgan fingerprint density at radius 1 is 1.25 bits per heavy atom. The van der Waals surface area contributed by atoms with E-state index >= 15 is 0 Å². The number of benzene rings is 2. The molecule has 6 heteroatoms. The maximum absolute atomic E-state index is 13.9. The van der Waals surface area contributed by atoms with E-state index < -0.39 is 5.82 Å². The Morgan fingerprint density at radius 2 is 1.95 bits per heavy atom. The molecule has 0 aliphatic carbocycles. The van der Waals surface area contributed by atoms with Gasteiger partial charge in [-0.05, 0) is 40.5 Å². The van der Waals surface area contributed by atoms with Crippen molar-refractivity contribution in [1.29, 1.82) is 0 Å². The molecule has 0 saturated carbocycles. The van der Waals surface area contributed by atoms with Crippen LogP contribution in [0.2, 0.25) is 5.02 Å². The van der Waals surface area contributed by atoms with E-state index in [1.165, 1.54) is 19.2 Å². The summed E-state index contributed by atoms with van der Waals surface area (Å²) in [5, 5.41) is 3.56. The lowest BCUT2D eigenvalue weighted by Gasteiger charge is -2.13. The normalized spacial score (nSPS) is 10.4. The zero-order valence-electron chi connectivity index (χ0n) is 10.9. The van der Waals surface area contributed by atoms with Crippen LogP contribution in [-0.4, -0.2) is 7.11 Å². The maximum atomic E-state index is 13.9. The summed E-state index contributed by atoms with van der Waals surface area (Å²) in [4.78, 5) is 0. The van der Waals surface area contributed by atoms with Crippen LogP contribution in [0.3, 0.4) is 0 Å². The van der Waals surface area contributed by atoms with Crippen LogP contribution < -0.4 is 15.8 Å². The minimum atomic E-state index is -0.466. The third-order valence-corrected chi connectivity index (χ3v) is 3.90. The standard InChI is InChI=1S/C14H13BrClFN2O/c1-7-3-8(15)12(4-9(7)16)19-13-6-14(20-2)11(18)5-10(13)17/h3-6,19H,18H2,1-2H3. The quantitative estimate of drug-likeness (QED) is 0.768. The molecule has 0 spiro atoms. The molecule has 0 heterocycles. The number of nitrogens with two attached hydrogens (primary N) is 1. The van der Waals surface area contributed by atoms with Gasteiger partial charge in [0.05, 0.1) is 24.2 Å². The number of aryl methyl sites for hydroxylation is 1. The molecule has 0 amide bonds. The first kappa shape index (κ1) is 14.9. The van der Waals surface area contributed by atoms with E-state index in [0.29, 0.717) is 16.5 Å². The van der Waals surface area contributed by atoms with Crippen LogP contribution in [0.5, 0.6) is 5.75 Å². The van der Waals surface area contributed by atoms with Crippen LogP contribution in [0.4, 0.5) is 21.5 Å². The van der Waals surface area contributed by atoms with E-state index in [1.54, 1.807) is 6.07 Å². The van der Waals surface area contributed by atoms with E-state index in [9.17, 15) is 4.39 Å². The minimum absolute atomic E-state index is 0.247. The zero-order valence-corrected chi connectivity index (χ0v) is 13.3. The molecule has 0 aromatic heterocycles. The molecule has 3 nitrogen and oxygen atoms in total. The van der Waals surface area contributed by atoms with Crippen LogP contribution in [0.15, 0.2) is 28.7 Å². The lowest BCUT2D eigenvalue weighted by Crippen LogP contribution is -1.99. The van der Waals surface area contributed by atoms with Gasteiger partial charge in [-0.25, -0.2) is 4.39 Å². The monoisotopic (exact) mass is 358 g/mol. The predicted molar refractivity (Wildman–Crippen MR) is 84.5 cm³/mol. The summed E-state index contributed by atoms with van der Waals surface area (Å²) in [6.45, 7) is 1.89. The molecule has 0 atom stereocenters. The zero-order chi connectivity index (χ0) is 14.9. The Balaban J connectivity index is 2.42. The average molecular weight is 360 g/mol. The fraction of sp³-hybridized carbons (Fsp3) is 0.143. The number of ether oxygens (including phenoxy) is 1. The fourth-order valence-corrected chi connectivity index (χ4v) is 2.45. The van der Waals surface area contributed by atoms with Crippen molar-refractivity contribution in [3.05, 3.63) is 45.1 Å². The second-order valence-electron chi connectivity index (χ2n) is 4.28. The number of methoxy groups -OCH3 is 1. The summed E-state index contributed by atoms with van der Waals surface area (Å²) in [6, 6.07) is 6.30. The Bertz CT molecular complexity index is 664. The van der Waals surface area contributed by atoms with Crippen molar-refractivity contribution in [2.45, 2.75) is 6.92 Å². The van der Waals surface area contributed by atoms with Crippen LogP contribution in [-0.2, 0) is 0 Å². The van der Waals surface area contributed by atoms with E-state index in [1.807, 2.05) is 13.0 Å². The second-order valence-corrected chi connectivity index (χ2v) is 5.54. The number of anilines is 3. The lowest BCUT2D eigenvalue weighted by atomic mass is 10.2. The molecule has 0 fully saturated rings. The van der Waals surface area contributed by atoms with Crippen molar-refractivity contribution in [3.8, 4) is 5.75 Å². The van der Waals surface area contributed by atoms with E-state index in [4.69, 9.17) is 22.1 Å². The molecule has 0 saturated heterocycles. The molecule has 0 unspecified atom stereocenters. The molecular weight excluding hydrogens is 347 g/mol. The number of hydrogen-bond acceptors (Lipinski definition) is 3. The predicted octanol–water partition coefficient (Wildman–Crippen LogP) is 4.88. The van der Waals surface area contributed by atoms with Gasteiger partial charge in [-0.15, -0.1) is 0 Å². The van der Waals surface area contributed by atoms with Crippen molar-refractivity contribution < 1.29 is 9.13 Å². The van der Waals surface area contributed by atoms with Gasteiger partial charge < -0.3 is 15.8 Å². The van der Waals surface area contributed by atoms with E-state index in [0.717, 1.165) is 10.0 Å². The van der Waals surface area contributed by atoms with Crippen molar-refractivity contribution in [3.63, 3.8) is 0 Å². The number of hydrogen-bond donors (Lipinski definition) is 2. The number of rotatable bonds is 3. The topological polar surface area (TPSA) is 47.3 Å². The lowest BCUT2D eigenvalue weighted by molar-refractivity contribution is 0.416. The highest BCUT2D eigenvalue weighted by atomic mass is 79.9. The van der Waals surface area contributed by atoms with Gasteiger partial charge in [0.15, 0.2) is 0 Å². The highest BCUT2D eigenvalue weighted by molar-refractivity contribution is 9.10. The first-order valence-corrected chi connectivity index (χ1v) is 6.95. The summed E-state index contributed by atoms with van der Waals surface area (Å²) >= 11 is 9.49. The molecular formula is C14H13BrClFN2O. The smallest absolute Gasteiger partial charge is 0.148 e. The third-order valence-electron chi connectivity index (χ3n) is 2.84. The van der Waals surface area contributed by atoms with Crippen molar-refractivity contribution in [2.24, 2.45) is 0 Å². The van der Waals surface area contributed by atoms with Gasteiger partial charge in [0.25, 0.3) is 0 Å². The second kappa shape index (κ2) is 5.89. The van der Waals surface area contributed by atoms with Gasteiger partial charge >= 0.3 is 0 Å². The first-order valence-electron chi connectivity index (χ1n) is 5.78. The Morgan fingerprint density at radius 3 is 2.60 bits per heavy atom. The first-order chi connectivity index (χ1) is 9.42. The number of halogens is 3. The van der Waals surface area contributed by atoms with Crippen LogP contribution in [0, 0.1) is 12.7 Å². The SMILES string of the molecule is COc1cc(Nc2cc(Cl)c(C)cc2Br)c(F)cc1N. The molecule has 0 radical (unpaired) electrons. The molecule has 0 bridgehead atoms. The largest absolute Gasteiger partial charge is 0.495 e. The summed E-state index contributed by atoms with van der Waals surface area (Å²) in [6.07, 6.45) is 0. The van der Waals surface area contributed by atoms with Gasteiger partial charge in [-0.1, -0.05) is 11.6 Å². The molecule has 2 rings (SSSR count). The van der Waals surface area contributed by atoms with Crippen LogP contribution in [0.25, 0.3) is 0 Å². The Hall–Kier alpha value is -1.46. The third kappa shape index (κ3) is 2.99. The summed E-state index contributed by atoms with van der Waals surface area (Å²) in [7, 11) is 1.48. The maximum Gasteiger partial charge on any atom is 0.148 e. The summed E-state index contributed by atoms with van der Waals surface area (Å²) in [5.41, 5.74) is 7.74. The number of nitrogens with one attached hydrogen (secondary N) is 1. The highest BCUT2D eigenvalue weighted by Crippen LogP contribution is 2.34. The molecule has 106 valence electrons. The molecule has 0 aliphatic heterocycles. The molecule has 20 heavy (non-hydrogen) atoms. The van der Waals surface area contributed by atoms with Gasteiger partial charge in [0, 0.05) is 21.6 Å². The van der Waals surface area contributed by atoms with Crippen molar-refractivity contribution in [2.75, 3.05) is 18.2 Å². The molecule has 2 aromatic rings. The van der Waals surface area contributed by atoms with E-state index in [-0.39, 0.29) is 11.4 Å². The fourth-order valence-electron chi connectivity index (χ4n) is 1.73. The van der Waals surface area contributed by atoms with Gasteiger partial charge in [-0.3, -0.25) is 0 Å². The van der Waals surface area contributed by atoms with E-state index in [2.05, 4.69) is 21.2 Å². The Labute approximate surface area is 130 Å².